The maximum atomic E-state index is 12.2. The summed E-state index contributed by atoms with van der Waals surface area (Å²) in [6, 6.07) is 12.0. The van der Waals surface area contributed by atoms with E-state index in [9.17, 15) is 9.59 Å². The van der Waals surface area contributed by atoms with Crippen LogP contribution in [0.1, 0.15) is 22.8 Å². The monoisotopic (exact) mass is 373 g/mol. The number of amides is 1. The van der Waals surface area contributed by atoms with Crippen LogP contribution in [-0.4, -0.2) is 32.0 Å². The van der Waals surface area contributed by atoms with E-state index in [0.717, 1.165) is 5.56 Å². The molecule has 0 unspecified atom stereocenters. The Morgan fingerprint density at radius 2 is 1.96 bits per heavy atom. The molecule has 26 heavy (non-hydrogen) atoms. The van der Waals surface area contributed by atoms with E-state index in [4.69, 9.17) is 21.1 Å². The predicted molar refractivity (Wildman–Crippen MR) is 102 cm³/mol. The molecule has 0 bridgehead atoms. The van der Waals surface area contributed by atoms with Crippen molar-refractivity contribution in [3.8, 4) is 11.5 Å². The predicted octanol–water partition coefficient (Wildman–Crippen LogP) is 3.76. The zero-order valence-corrected chi connectivity index (χ0v) is 15.4. The molecule has 0 heterocycles. The lowest BCUT2D eigenvalue weighted by atomic mass is 10.1. The second-order valence-corrected chi connectivity index (χ2v) is 5.80. The fourth-order valence-electron chi connectivity index (χ4n) is 2.21. The molecule has 0 spiro atoms. The number of hydrogen-bond acceptors (Lipinski definition) is 4. The molecular formula is C20H20ClNO4. The topological polar surface area (TPSA) is 64.6 Å². The molecule has 0 atom stereocenters. The summed E-state index contributed by atoms with van der Waals surface area (Å²) in [7, 11) is 1.51. The number of hydrogen-bond donors (Lipinski definition) is 1. The highest BCUT2D eigenvalue weighted by Gasteiger charge is 2.08. The van der Waals surface area contributed by atoms with Crippen molar-refractivity contribution in [2.24, 2.45) is 0 Å². The van der Waals surface area contributed by atoms with Gasteiger partial charge >= 0.3 is 0 Å². The van der Waals surface area contributed by atoms with Crippen molar-refractivity contribution >= 4 is 29.4 Å². The Morgan fingerprint density at radius 3 is 2.65 bits per heavy atom. The molecule has 1 amide bonds. The number of nitrogens with one attached hydrogen (secondary N) is 1. The van der Waals surface area contributed by atoms with Gasteiger partial charge in [0.05, 0.1) is 7.11 Å². The van der Waals surface area contributed by atoms with Crippen LogP contribution in [0.4, 0.5) is 0 Å². The summed E-state index contributed by atoms with van der Waals surface area (Å²) in [6.45, 7) is 2.29. The average molecular weight is 374 g/mol. The number of allylic oxidation sites excluding steroid dienone is 1. The molecule has 0 radical (unpaired) electrons. The quantitative estimate of drug-likeness (QED) is 0.565. The van der Waals surface area contributed by atoms with E-state index >= 15 is 0 Å². The van der Waals surface area contributed by atoms with Gasteiger partial charge in [0, 0.05) is 17.1 Å². The first-order chi connectivity index (χ1) is 12.5. The molecule has 5 nitrogen and oxygen atoms in total. The summed E-state index contributed by atoms with van der Waals surface area (Å²) >= 11 is 5.90. The van der Waals surface area contributed by atoms with Crippen LogP contribution < -0.4 is 14.8 Å². The van der Waals surface area contributed by atoms with Gasteiger partial charge in [-0.3, -0.25) is 9.59 Å². The molecule has 0 aliphatic carbocycles. The molecule has 1 N–H and O–H groups in total. The Bertz CT molecular complexity index is 817. The first kappa shape index (κ1) is 19.5. The van der Waals surface area contributed by atoms with Gasteiger partial charge in [0.1, 0.15) is 0 Å². The number of carbonyl (C=O) groups is 2. The van der Waals surface area contributed by atoms with E-state index in [-0.39, 0.29) is 18.3 Å². The van der Waals surface area contributed by atoms with Crippen molar-refractivity contribution in [3.63, 3.8) is 0 Å². The maximum absolute atomic E-state index is 12.2. The highest BCUT2D eigenvalue weighted by atomic mass is 35.5. The SMILES string of the molecule is CCNC(=O)COc1ccc(/C=C/C(=O)c2cccc(Cl)c2)cc1OC. The van der Waals surface area contributed by atoms with Gasteiger partial charge in [0.15, 0.2) is 23.9 Å². The smallest absolute Gasteiger partial charge is 0.257 e. The van der Waals surface area contributed by atoms with E-state index in [2.05, 4.69) is 5.32 Å². The van der Waals surface area contributed by atoms with Crippen LogP contribution in [-0.2, 0) is 4.79 Å². The number of methoxy groups -OCH3 is 1. The molecule has 2 aromatic rings. The average Bonchev–Trinajstić information content (AvgIpc) is 2.64. The van der Waals surface area contributed by atoms with Crippen molar-refractivity contribution in [1.82, 2.24) is 5.32 Å². The van der Waals surface area contributed by atoms with E-state index in [1.807, 2.05) is 6.92 Å². The number of ketones is 1. The summed E-state index contributed by atoms with van der Waals surface area (Å²) in [5.41, 5.74) is 1.28. The van der Waals surface area contributed by atoms with Crippen molar-refractivity contribution in [2.45, 2.75) is 6.92 Å². The lowest BCUT2D eigenvalue weighted by molar-refractivity contribution is -0.123. The zero-order chi connectivity index (χ0) is 18.9. The summed E-state index contributed by atoms with van der Waals surface area (Å²) in [5, 5.41) is 3.17. The normalized spacial score (nSPS) is 10.6. The van der Waals surface area contributed by atoms with Gasteiger partial charge in [-0.1, -0.05) is 35.9 Å². The largest absolute Gasteiger partial charge is 0.493 e. The molecule has 2 aromatic carbocycles. The molecule has 6 heteroatoms. The maximum Gasteiger partial charge on any atom is 0.257 e. The van der Waals surface area contributed by atoms with E-state index < -0.39 is 0 Å². The molecule has 0 saturated heterocycles. The van der Waals surface area contributed by atoms with Crippen LogP contribution in [0.25, 0.3) is 6.08 Å². The van der Waals surface area contributed by atoms with Gasteiger partial charge in [-0.2, -0.15) is 0 Å². The van der Waals surface area contributed by atoms with Crippen molar-refractivity contribution in [3.05, 3.63) is 64.7 Å². The fraction of sp³-hybridized carbons (Fsp3) is 0.200. The molecule has 2 rings (SSSR count). The Balaban J connectivity index is 2.08. The fourth-order valence-corrected chi connectivity index (χ4v) is 2.40. The number of halogens is 1. The molecule has 0 aliphatic heterocycles. The first-order valence-corrected chi connectivity index (χ1v) is 8.46. The van der Waals surface area contributed by atoms with Crippen LogP contribution in [0.3, 0.4) is 0 Å². The van der Waals surface area contributed by atoms with Crippen LogP contribution in [0.5, 0.6) is 11.5 Å². The van der Waals surface area contributed by atoms with Gasteiger partial charge in [-0.25, -0.2) is 0 Å². The van der Waals surface area contributed by atoms with Crippen molar-refractivity contribution in [2.75, 3.05) is 20.3 Å². The van der Waals surface area contributed by atoms with E-state index in [0.29, 0.717) is 28.6 Å². The van der Waals surface area contributed by atoms with E-state index in [1.54, 1.807) is 48.5 Å². The summed E-state index contributed by atoms with van der Waals surface area (Å²) < 4.78 is 10.8. The number of likely N-dealkylation sites (N-methyl/N-ethyl adjacent to an activating group) is 1. The second-order valence-electron chi connectivity index (χ2n) is 5.36. The number of rotatable bonds is 8. The van der Waals surface area contributed by atoms with Gasteiger partial charge in [0.2, 0.25) is 0 Å². The molecular weight excluding hydrogens is 354 g/mol. The standard InChI is InChI=1S/C20H20ClNO4/c1-3-22-20(24)13-26-18-10-8-14(11-19(18)25-2)7-9-17(23)15-5-4-6-16(21)12-15/h4-12H,3,13H2,1-2H3,(H,22,24)/b9-7+. The third kappa shape index (κ3) is 5.63. The van der Waals surface area contributed by atoms with Gasteiger partial charge in [0.25, 0.3) is 5.91 Å². The third-order valence-electron chi connectivity index (χ3n) is 3.46. The molecule has 0 aliphatic rings. The molecule has 136 valence electrons. The number of carbonyl (C=O) groups excluding carboxylic acids is 2. The first-order valence-electron chi connectivity index (χ1n) is 8.09. The van der Waals surface area contributed by atoms with Crippen molar-refractivity contribution < 1.29 is 19.1 Å². The van der Waals surface area contributed by atoms with Crippen molar-refractivity contribution in [1.29, 1.82) is 0 Å². The zero-order valence-electron chi connectivity index (χ0n) is 14.6. The molecule has 0 fully saturated rings. The highest BCUT2D eigenvalue weighted by molar-refractivity contribution is 6.31. The third-order valence-corrected chi connectivity index (χ3v) is 3.69. The Kier molecular flexibility index (Phi) is 7.24. The van der Waals surface area contributed by atoms with Crippen LogP contribution in [0, 0.1) is 0 Å². The number of benzene rings is 2. The van der Waals surface area contributed by atoms with Crippen LogP contribution >= 0.6 is 11.6 Å². The molecule has 0 saturated carbocycles. The minimum absolute atomic E-state index is 0.0906. The Hall–Kier alpha value is -2.79. The minimum Gasteiger partial charge on any atom is -0.493 e. The Labute approximate surface area is 157 Å². The second kappa shape index (κ2) is 9.63. The summed E-state index contributed by atoms with van der Waals surface area (Å²) in [6.07, 6.45) is 3.15. The Morgan fingerprint density at radius 1 is 1.15 bits per heavy atom. The summed E-state index contributed by atoms with van der Waals surface area (Å²) in [5.74, 6) is 0.581. The minimum atomic E-state index is -0.203. The number of ether oxygens (including phenoxy) is 2. The lowest BCUT2D eigenvalue weighted by Gasteiger charge is -2.11. The molecule has 0 aromatic heterocycles. The van der Waals surface area contributed by atoms with Gasteiger partial charge < -0.3 is 14.8 Å². The van der Waals surface area contributed by atoms with Crippen LogP contribution in [0.2, 0.25) is 5.02 Å². The van der Waals surface area contributed by atoms with Gasteiger partial charge in [-0.05, 0) is 42.8 Å². The van der Waals surface area contributed by atoms with E-state index in [1.165, 1.54) is 13.2 Å². The highest BCUT2D eigenvalue weighted by Crippen LogP contribution is 2.28. The summed E-state index contributed by atoms with van der Waals surface area (Å²) in [4.78, 5) is 23.7. The van der Waals surface area contributed by atoms with Gasteiger partial charge in [-0.15, -0.1) is 0 Å². The lowest BCUT2D eigenvalue weighted by Crippen LogP contribution is -2.28. The van der Waals surface area contributed by atoms with Crippen LogP contribution in [0.15, 0.2) is 48.5 Å².